The van der Waals surface area contributed by atoms with Crippen molar-refractivity contribution < 1.29 is 19.4 Å². The van der Waals surface area contributed by atoms with Crippen LogP contribution < -0.4 is 4.74 Å². The molecule has 0 fully saturated rings. The van der Waals surface area contributed by atoms with Crippen LogP contribution in [0.5, 0.6) is 5.75 Å². The number of Topliss-reactive ketones (excluding diaryl/α,β-unsaturated/α-hetero) is 1. The van der Waals surface area contributed by atoms with Crippen LogP contribution in [0.15, 0.2) is 65.9 Å². The molecule has 1 unspecified atom stereocenters. The maximum atomic E-state index is 13.4. The minimum absolute atomic E-state index is 0.00449. The van der Waals surface area contributed by atoms with Crippen molar-refractivity contribution in [1.82, 2.24) is 9.80 Å². The number of aliphatic hydroxyl groups excluding tert-OH is 1. The SMILES string of the molecule is CCN(CC)CCN1C(=O)C(O)=C(C(=O)CCc2ccccc2)C1c1cccc(OC(C)C)c1. The minimum atomic E-state index is -0.637. The van der Waals surface area contributed by atoms with Crippen molar-refractivity contribution in [3.8, 4) is 5.75 Å². The summed E-state index contributed by atoms with van der Waals surface area (Å²) in [6.45, 7) is 10.9. The molecule has 6 heteroatoms. The Kier molecular flexibility index (Phi) is 8.88. The third kappa shape index (κ3) is 6.06. The molecule has 1 amide bonds. The first-order valence-corrected chi connectivity index (χ1v) is 12.2. The molecular weight excluding hydrogens is 428 g/mol. The lowest BCUT2D eigenvalue weighted by Crippen LogP contribution is -2.38. The van der Waals surface area contributed by atoms with Gasteiger partial charge >= 0.3 is 0 Å². The van der Waals surface area contributed by atoms with Crippen LogP contribution in [0.25, 0.3) is 0 Å². The van der Waals surface area contributed by atoms with Crippen molar-refractivity contribution in [1.29, 1.82) is 0 Å². The van der Waals surface area contributed by atoms with E-state index in [0.29, 0.717) is 25.3 Å². The number of ketones is 1. The molecule has 0 bridgehead atoms. The molecule has 0 aliphatic carbocycles. The summed E-state index contributed by atoms with van der Waals surface area (Å²) in [6, 6.07) is 16.6. The molecule has 0 saturated heterocycles. The molecule has 1 aliphatic heterocycles. The summed E-state index contributed by atoms with van der Waals surface area (Å²) < 4.78 is 5.86. The number of aryl methyl sites for hydroxylation is 1. The zero-order chi connectivity index (χ0) is 24.7. The number of carbonyl (C=O) groups excluding carboxylic acids is 2. The van der Waals surface area contributed by atoms with E-state index in [4.69, 9.17) is 4.74 Å². The smallest absolute Gasteiger partial charge is 0.290 e. The van der Waals surface area contributed by atoms with Gasteiger partial charge in [-0.25, -0.2) is 0 Å². The Bertz CT molecular complexity index is 1010. The maximum Gasteiger partial charge on any atom is 0.290 e. The number of rotatable bonds is 12. The van der Waals surface area contributed by atoms with Gasteiger partial charge < -0.3 is 19.6 Å². The zero-order valence-electron chi connectivity index (χ0n) is 20.7. The van der Waals surface area contributed by atoms with Gasteiger partial charge in [0.2, 0.25) is 0 Å². The summed E-state index contributed by atoms with van der Waals surface area (Å²) in [7, 11) is 0. The lowest BCUT2D eigenvalue weighted by molar-refractivity contribution is -0.129. The van der Waals surface area contributed by atoms with Crippen LogP contribution in [0.2, 0.25) is 0 Å². The molecule has 1 heterocycles. The van der Waals surface area contributed by atoms with Gasteiger partial charge in [0, 0.05) is 19.5 Å². The molecule has 2 aromatic rings. The summed E-state index contributed by atoms with van der Waals surface area (Å²) in [5, 5.41) is 10.8. The number of aliphatic hydroxyl groups is 1. The summed E-state index contributed by atoms with van der Waals surface area (Å²) in [6.07, 6.45) is 0.766. The summed E-state index contributed by atoms with van der Waals surface area (Å²) in [5.41, 5.74) is 1.99. The number of amides is 1. The van der Waals surface area contributed by atoms with Gasteiger partial charge in [0.1, 0.15) is 5.75 Å². The highest BCUT2D eigenvalue weighted by Gasteiger charge is 2.43. The van der Waals surface area contributed by atoms with Gasteiger partial charge in [0.25, 0.3) is 5.91 Å². The predicted molar refractivity (Wildman–Crippen MR) is 134 cm³/mol. The van der Waals surface area contributed by atoms with Gasteiger partial charge in [-0.2, -0.15) is 0 Å². The second-order valence-electron chi connectivity index (χ2n) is 8.84. The Hall–Kier alpha value is -3.12. The number of nitrogens with zero attached hydrogens (tertiary/aromatic N) is 2. The van der Waals surface area contributed by atoms with Gasteiger partial charge in [0.15, 0.2) is 11.5 Å². The normalized spacial score (nSPS) is 16.1. The van der Waals surface area contributed by atoms with Crippen LogP contribution in [0.4, 0.5) is 0 Å². The fourth-order valence-electron chi connectivity index (χ4n) is 4.37. The van der Waals surface area contributed by atoms with E-state index in [-0.39, 0.29) is 23.9 Å². The van der Waals surface area contributed by atoms with Crippen LogP contribution in [-0.4, -0.2) is 58.9 Å². The number of hydrogen-bond donors (Lipinski definition) is 1. The summed E-state index contributed by atoms with van der Waals surface area (Å²) in [5.74, 6) is -0.459. The molecule has 0 aromatic heterocycles. The largest absolute Gasteiger partial charge is 0.503 e. The van der Waals surface area contributed by atoms with Crippen LogP contribution in [-0.2, 0) is 16.0 Å². The molecule has 0 radical (unpaired) electrons. The van der Waals surface area contributed by atoms with Crippen LogP contribution in [0.1, 0.15) is 51.3 Å². The summed E-state index contributed by atoms with van der Waals surface area (Å²) >= 11 is 0. The highest BCUT2D eigenvalue weighted by molar-refractivity contribution is 6.09. The van der Waals surface area contributed by atoms with E-state index in [9.17, 15) is 14.7 Å². The van der Waals surface area contributed by atoms with E-state index < -0.39 is 17.7 Å². The molecule has 34 heavy (non-hydrogen) atoms. The number of carbonyl (C=O) groups is 2. The van der Waals surface area contributed by atoms with E-state index in [1.165, 1.54) is 0 Å². The number of ether oxygens (including phenoxy) is 1. The Morgan fingerprint density at radius 1 is 1.09 bits per heavy atom. The van der Waals surface area contributed by atoms with Crippen molar-refractivity contribution in [3.63, 3.8) is 0 Å². The third-order valence-electron chi connectivity index (χ3n) is 6.18. The monoisotopic (exact) mass is 464 g/mol. The molecule has 2 aromatic carbocycles. The molecule has 1 aliphatic rings. The fraction of sp³-hybridized carbons (Fsp3) is 0.429. The van der Waals surface area contributed by atoms with Crippen LogP contribution in [0.3, 0.4) is 0 Å². The highest BCUT2D eigenvalue weighted by atomic mass is 16.5. The fourth-order valence-corrected chi connectivity index (χ4v) is 4.37. The molecule has 0 spiro atoms. The lowest BCUT2D eigenvalue weighted by Gasteiger charge is -2.29. The third-order valence-corrected chi connectivity index (χ3v) is 6.18. The van der Waals surface area contributed by atoms with E-state index >= 15 is 0 Å². The van der Waals surface area contributed by atoms with Gasteiger partial charge in [-0.3, -0.25) is 9.59 Å². The second kappa shape index (κ2) is 11.8. The van der Waals surface area contributed by atoms with Crippen molar-refractivity contribution in [2.75, 3.05) is 26.2 Å². The standard InChI is InChI=1S/C28H36N2O4/c1-5-29(6-2)17-18-30-26(22-13-10-14-23(19-22)34-20(3)4)25(27(32)28(30)33)24(31)16-15-21-11-8-7-9-12-21/h7-14,19-20,26,32H,5-6,15-18H2,1-4H3. The maximum absolute atomic E-state index is 13.4. The first kappa shape index (κ1) is 25.5. The Labute approximate surface area is 202 Å². The average molecular weight is 465 g/mol. The average Bonchev–Trinajstić information content (AvgIpc) is 3.08. The van der Waals surface area contributed by atoms with Gasteiger partial charge in [-0.1, -0.05) is 56.3 Å². The first-order valence-electron chi connectivity index (χ1n) is 12.2. The lowest BCUT2D eigenvalue weighted by atomic mass is 9.93. The van der Waals surface area contributed by atoms with Crippen molar-refractivity contribution in [2.45, 2.75) is 52.7 Å². The topological polar surface area (TPSA) is 70.1 Å². The van der Waals surface area contributed by atoms with Crippen molar-refractivity contribution in [3.05, 3.63) is 77.1 Å². The van der Waals surface area contributed by atoms with E-state index in [0.717, 1.165) is 24.2 Å². The number of hydrogen-bond acceptors (Lipinski definition) is 5. The van der Waals surface area contributed by atoms with Crippen LogP contribution in [0, 0.1) is 0 Å². The Morgan fingerprint density at radius 3 is 2.44 bits per heavy atom. The Balaban J connectivity index is 1.92. The van der Waals surface area contributed by atoms with Gasteiger partial charge in [-0.15, -0.1) is 0 Å². The second-order valence-corrected chi connectivity index (χ2v) is 8.84. The molecule has 1 N–H and O–H groups in total. The molecule has 182 valence electrons. The van der Waals surface area contributed by atoms with Crippen molar-refractivity contribution >= 4 is 11.7 Å². The molecule has 1 atom stereocenters. The summed E-state index contributed by atoms with van der Waals surface area (Å²) in [4.78, 5) is 30.4. The molecule has 3 rings (SSSR count). The molecular formula is C28H36N2O4. The van der Waals surface area contributed by atoms with E-state index in [1.807, 2.05) is 68.4 Å². The van der Waals surface area contributed by atoms with Crippen molar-refractivity contribution in [2.24, 2.45) is 0 Å². The number of likely N-dealkylation sites (N-methyl/N-ethyl adjacent to an activating group) is 1. The van der Waals surface area contributed by atoms with Gasteiger partial charge in [-0.05, 0) is 56.6 Å². The highest BCUT2D eigenvalue weighted by Crippen LogP contribution is 2.39. The number of benzene rings is 2. The van der Waals surface area contributed by atoms with Gasteiger partial charge in [0.05, 0.1) is 17.7 Å². The molecule has 0 saturated carbocycles. The molecule has 6 nitrogen and oxygen atoms in total. The predicted octanol–water partition coefficient (Wildman–Crippen LogP) is 4.71. The minimum Gasteiger partial charge on any atom is -0.503 e. The quantitative estimate of drug-likeness (QED) is 0.493. The van der Waals surface area contributed by atoms with Crippen LogP contribution >= 0.6 is 0 Å². The van der Waals surface area contributed by atoms with E-state index in [2.05, 4.69) is 18.7 Å². The first-order chi connectivity index (χ1) is 16.3. The van der Waals surface area contributed by atoms with E-state index in [1.54, 1.807) is 4.90 Å². The Morgan fingerprint density at radius 2 is 1.79 bits per heavy atom. The zero-order valence-corrected chi connectivity index (χ0v) is 20.7.